The van der Waals surface area contributed by atoms with Crippen LogP contribution in [0.3, 0.4) is 0 Å². The van der Waals surface area contributed by atoms with Gasteiger partial charge in [-0.15, -0.1) is 0 Å². The van der Waals surface area contributed by atoms with Gasteiger partial charge in [0.05, 0.1) is 10.3 Å². The Balaban J connectivity index is 1.91. The average Bonchev–Trinajstić information content (AvgIpc) is 2.75. The topological polar surface area (TPSA) is 125 Å². The summed E-state index contributed by atoms with van der Waals surface area (Å²) < 4.78 is 24.2. The fraction of sp³-hybridized carbons (Fsp3) is 0.250. The minimum absolute atomic E-state index is 0.0773. The lowest BCUT2D eigenvalue weighted by atomic mass is 9.73. The molecule has 4 N–H and O–H groups in total. The molecule has 0 saturated carbocycles. The van der Waals surface area contributed by atoms with Crippen LogP contribution in [0, 0.1) is 5.41 Å². The maximum Gasteiger partial charge on any atom is 0.255 e. The lowest BCUT2D eigenvalue weighted by molar-refractivity contribution is -0.137. The van der Waals surface area contributed by atoms with E-state index in [4.69, 9.17) is 0 Å². The number of carbonyl (C=O) groups excluding carboxylic acids is 2. The summed E-state index contributed by atoms with van der Waals surface area (Å²) in [6, 6.07) is 14.9. The Labute approximate surface area is 169 Å². The molecule has 1 saturated heterocycles. The maximum atomic E-state index is 12.4. The predicted molar refractivity (Wildman–Crippen MR) is 108 cm³/mol. The zero-order valence-electron chi connectivity index (χ0n) is 15.5. The van der Waals surface area contributed by atoms with Gasteiger partial charge in [-0.1, -0.05) is 30.3 Å². The van der Waals surface area contributed by atoms with E-state index in [0.29, 0.717) is 29.9 Å². The molecule has 1 fully saturated rings. The molecule has 9 heteroatoms. The number of hydroxylamine groups is 1. The lowest BCUT2D eigenvalue weighted by Crippen LogP contribution is -2.52. The zero-order valence-corrected chi connectivity index (χ0v) is 16.3. The largest absolute Gasteiger partial charge is 0.322 e. The Morgan fingerprint density at radius 1 is 0.931 bits per heavy atom. The SMILES string of the molecule is O=C(Nc1ccc(C(=S(=O)=O)C2(C(=O)NO)CCNCC2)cc1)c1ccccc1. The van der Waals surface area contributed by atoms with Crippen LogP contribution in [0.1, 0.15) is 28.8 Å². The Hall–Kier alpha value is -3.01. The van der Waals surface area contributed by atoms with E-state index in [0.717, 1.165) is 0 Å². The van der Waals surface area contributed by atoms with Crippen molar-refractivity contribution in [3.05, 3.63) is 65.7 Å². The molecule has 1 aliphatic rings. The number of benzene rings is 2. The highest BCUT2D eigenvalue weighted by Crippen LogP contribution is 2.34. The van der Waals surface area contributed by atoms with Gasteiger partial charge in [-0.2, -0.15) is 8.42 Å². The van der Waals surface area contributed by atoms with E-state index in [-0.39, 0.29) is 23.6 Å². The summed E-state index contributed by atoms with van der Waals surface area (Å²) in [5, 5.41) is 15.0. The van der Waals surface area contributed by atoms with Crippen LogP contribution in [0.4, 0.5) is 5.69 Å². The first-order valence-electron chi connectivity index (χ1n) is 9.07. The first-order valence-corrected chi connectivity index (χ1v) is 10.1. The van der Waals surface area contributed by atoms with Crippen molar-refractivity contribution in [3.8, 4) is 0 Å². The molecule has 0 aromatic heterocycles. The molecule has 0 atom stereocenters. The first kappa shape index (κ1) is 20.7. The maximum absolute atomic E-state index is 12.4. The summed E-state index contributed by atoms with van der Waals surface area (Å²) in [6.45, 7) is 0.888. The smallest absolute Gasteiger partial charge is 0.255 e. The molecule has 1 heterocycles. The summed E-state index contributed by atoms with van der Waals surface area (Å²) in [7, 11) is -2.68. The highest BCUT2D eigenvalue weighted by Gasteiger charge is 2.45. The number of piperidine rings is 1. The summed E-state index contributed by atoms with van der Waals surface area (Å²) in [4.78, 5) is 24.6. The van der Waals surface area contributed by atoms with Crippen LogP contribution in [0.5, 0.6) is 0 Å². The normalized spacial score (nSPS) is 15.2. The van der Waals surface area contributed by atoms with Gasteiger partial charge in [0.1, 0.15) is 0 Å². The van der Waals surface area contributed by atoms with Gasteiger partial charge >= 0.3 is 0 Å². The second-order valence-electron chi connectivity index (χ2n) is 6.73. The predicted octanol–water partition coefficient (Wildman–Crippen LogP) is 1.21. The summed E-state index contributed by atoms with van der Waals surface area (Å²) >= 11 is 0. The second kappa shape index (κ2) is 8.99. The average molecular weight is 415 g/mol. The van der Waals surface area contributed by atoms with Crippen molar-refractivity contribution < 1.29 is 23.2 Å². The Kier molecular flexibility index (Phi) is 6.42. The Morgan fingerprint density at radius 3 is 2.10 bits per heavy atom. The van der Waals surface area contributed by atoms with Crippen molar-refractivity contribution in [1.82, 2.24) is 10.8 Å². The minimum atomic E-state index is -2.68. The van der Waals surface area contributed by atoms with Gasteiger partial charge in [0.15, 0.2) is 0 Å². The van der Waals surface area contributed by atoms with E-state index in [1.807, 2.05) is 6.07 Å². The molecule has 0 aliphatic carbocycles. The third-order valence-electron chi connectivity index (χ3n) is 5.04. The monoisotopic (exact) mass is 415 g/mol. The van der Waals surface area contributed by atoms with Crippen molar-refractivity contribution >= 4 is 32.7 Å². The molecule has 0 unspecified atom stereocenters. The number of amides is 2. The number of carbonyl (C=O) groups is 2. The fourth-order valence-electron chi connectivity index (χ4n) is 3.55. The molecule has 1 aliphatic heterocycles. The van der Waals surface area contributed by atoms with Crippen molar-refractivity contribution in [1.29, 1.82) is 0 Å². The van der Waals surface area contributed by atoms with Gasteiger partial charge in [0.2, 0.25) is 10.3 Å². The van der Waals surface area contributed by atoms with Crippen LogP contribution in [0.25, 0.3) is 0 Å². The molecule has 29 heavy (non-hydrogen) atoms. The summed E-state index contributed by atoms with van der Waals surface area (Å²) in [6.07, 6.45) is 0.463. The molecule has 3 rings (SSSR count). The quantitative estimate of drug-likeness (QED) is 0.252. The Bertz CT molecular complexity index is 1020. The number of hydrogen-bond acceptors (Lipinski definition) is 6. The van der Waals surface area contributed by atoms with Gasteiger partial charge in [-0.3, -0.25) is 14.8 Å². The summed E-state index contributed by atoms with van der Waals surface area (Å²) in [5.74, 6) is -1.04. The number of anilines is 1. The standard InChI is InChI=1S/C20H21N3O5S/c24-18(15-4-2-1-3-5-15)22-16-8-6-14(7-9-16)17(29(27)28)20(19(25)23-26)10-12-21-13-11-20/h1-9,21,26H,10-13H2,(H,22,24)(H,23,25). The van der Waals surface area contributed by atoms with E-state index in [9.17, 15) is 23.2 Å². The van der Waals surface area contributed by atoms with Crippen LogP contribution in [0.15, 0.2) is 54.6 Å². The van der Waals surface area contributed by atoms with Crippen LogP contribution in [-0.2, 0) is 15.1 Å². The van der Waals surface area contributed by atoms with E-state index in [2.05, 4.69) is 10.6 Å². The minimum Gasteiger partial charge on any atom is -0.322 e. The van der Waals surface area contributed by atoms with Crippen molar-refractivity contribution in [2.75, 3.05) is 18.4 Å². The molecule has 2 aromatic rings. The molecule has 2 amide bonds. The van der Waals surface area contributed by atoms with Crippen LogP contribution in [-0.4, -0.2) is 43.4 Å². The third-order valence-corrected chi connectivity index (χ3v) is 6.00. The Morgan fingerprint density at radius 2 is 1.55 bits per heavy atom. The van der Waals surface area contributed by atoms with Crippen LogP contribution >= 0.6 is 0 Å². The molecule has 2 aromatic carbocycles. The van der Waals surface area contributed by atoms with Gasteiger partial charge in [-0.05, 0) is 55.8 Å². The third kappa shape index (κ3) is 4.37. The zero-order chi connectivity index (χ0) is 20.9. The first-order chi connectivity index (χ1) is 14.0. The second-order valence-corrected chi connectivity index (χ2v) is 7.61. The van der Waals surface area contributed by atoms with Crippen LogP contribution < -0.4 is 16.1 Å². The fourth-order valence-corrected chi connectivity index (χ4v) is 4.49. The van der Waals surface area contributed by atoms with E-state index < -0.39 is 21.6 Å². The highest BCUT2D eigenvalue weighted by atomic mass is 32.2. The van der Waals surface area contributed by atoms with Gasteiger partial charge in [0.25, 0.3) is 11.8 Å². The van der Waals surface area contributed by atoms with Gasteiger partial charge in [-0.25, -0.2) is 5.48 Å². The lowest BCUT2D eigenvalue weighted by Gasteiger charge is -2.35. The van der Waals surface area contributed by atoms with Crippen molar-refractivity contribution in [2.45, 2.75) is 12.8 Å². The highest BCUT2D eigenvalue weighted by molar-refractivity contribution is 7.73. The molecule has 0 radical (unpaired) electrons. The number of nitrogens with one attached hydrogen (secondary N) is 3. The van der Waals surface area contributed by atoms with Crippen LogP contribution in [0.2, 0.25) is 0 Å². The molecule has 0 bridgehead atoms. The van der Waals surface area contributed by atoms with E-state index in [1.165, 1.54) is 0 Å². The number of hydrogen-bond donors (Lipinski definition) is 4. The number of rotatable bonds is 5. The van der Waals surface area contributed by atoms with Crippen molar-refractivity contribution in [2.24, 2.45) is 5.41 Å². The van der Waals surface area contributed by atoms with Crippen molar-refractivity contribution in [3.63, 3.8) is 0 Å². The van der Waals surface area contributed by atoms with E-state index >= 15 is 0 Å². The summed E-state index contributed by atoms with van der Waals surface area (Å²) in [5.41, 5.74) is 1.58. The molecule has 152 valence electrons. The molecular weight excluding hydrogens is 394 g/mol. The molecule has 8 nitrogen and oxygen atoms in total. The van der Waals surface area contributed by atoms with E-state index in [1.54, 1.807) is 54.0 Å². The molecule has 0 spiro atoms. The van der Waals surface area contributed by atoms with Gasteiger partial charge < -0.3 is 10.6 Å². The van der Waals surface area contributed by atoms with Gasteiger partial charge in [0, 0.05) is 11.3 Å². The molecular formula is C20H21N3O5S.